The summed E-state index contributed by atoms with van der Waals surface area (Å²) >= 11 is 0. The Morgan fingerprint density at radius 3 is 2.21 bits per heavy atom. The number of aromatic nitrogens is 1. The zero-order valence-electron chi connectivity index (χ0n) is 16.6. The summed E-state index contributed by atoms with van der Waals surface area (Å²) in [6, 6.07) is 15.7. The summed E-state index contributed by atoms with van der Waals surface area (Å²) in [7, 11) is -3.96. The molecular weight excluding hydrogens is 386 g/mol. The van der Waals surface area contributed by atoms with E-state index in [1.54, 1.807) is 18.2 Å². The average molecular weight is 410 g/mol. The van der Waals surface area contributed by atoms with Gasteiger partial charge in [0, 0.05) is 18.1 Å². The van der Waals surface area contributed by atoms with Crippen molar-refractivity contribution in [1.82, 2.24) is 4.98 Å². The van der Waals surface area contributed by atoms with E-state index in [4.69, 9.17) is 0 Å². The molecule has 1 heterocycles. The molecule has 0 saturated heterocycles. The molecule has 0 fully saturated rings. The minimum Gasteiger partial charge on any atom is -0.324 e. The number of nitrogens with one attached hydrogen (secondary N) is 1. The highest BCUT2D eigenvalue weighted by Gasteiger charge is 2.27. The molecule has 0 unspecified atom stereocenters. The van der Waals surface area contributed by atoms with Crippen molar-refractivity contribution in [2.24, 2.45) is 0 Å². The minimum atomic E-state index is -3.96. The van der Waals surface area contributed by atoms with Gasteiger partial charge in [0.05, 0.1) is 5.69 Å². The van der Waals surface area contributed by atoms with E-state index < -0.39 is 15.9 Å². The highest BCUT2D eigenvalue weighted by atomic mass is 32.2. The van der Waals surface area contributed by atoms with Gasteiger partial charge in [-0.3, -0.25) is 14.1 Å². The number of anilines is 2. The number of benzene rings is 2. The summed E-state index contributed by atoms with van der Waals surface area (Å²) < 4.78 is 27.6. The van der Waals surface area contributed by atoms with Crippen LogP contribution in [0.2, 0.25) is 0 Å². The van der Waals surface area contributed by atoms with Crippen LogP contribution >= 0.6 is 0 Å². The van der Waals surface area contributed by atoms with Gasteiger partial charge in [0.1, 0.15) is 11.4 Å². The standard InChI is InChI=1S/C22H23N3O3S/c1-16-9-11-19(12-10-16)25(29(27,28)20-8-5-13-23-14-20)15-21(26)24-22-17(2)6-4-7-18(22)3/h4-14H,15H2,1-3H3,(H,24,26). The highest BCUT2D eigenvalue weighted by molar-refractivity contribution is 7.92. The second-order valence-corrected chi connectivity index (χ2v) is 8.71. The molecule has 0 atom stereocenters. The molecule has 0 spiro atoms. The molecule has 0 aliphatic rings. The molecule has 0 bridgehead atoms. The van der Waals surface area contributed by atoms with Crippen molar-refractivity contribution < 1.29 is 13.2 Å². The Labute approximate surface area is 171 Å². The monoisotopic (exact) mass is 409 g/mol. The maximum absolute atomic E-state index is 13.2. The second kappa shape index (κ2) is 8.45. The summed E-state index contributed by atoms with van der Waals surface area (Å²) in [4.78, 5) is 16.7. The first-order valence-electron chi connectivity index (χ1n) is 9.14. The van der Waals surface area contributed by atoms with Crippen LogP contribution in [0.15, 0.2) is 71.9 Å². The number of pyridine rings is 1. The highest BCUT2D eigenvalue weighted by Crippen LogP contribution is 2.24. The second-order valence-electron chi connectivity index (χ2n) is 6.85. The van der Waals surface area contributed by atoms with Crippen molar-refractivity contribution in [3.63, 3.8) is 0 Å². The summed E-state index contributed by atoms with van der Waals surface area (Å²) in [5.41, 5.74) is 3.93. The van der Waals surface area contributed by atoms with Gasteiger partial charge in [0.25, 0.3) is 10.0 Å². The lowest BCUT2D eigenvalue weighted by Gasteiger charge is -2.24. The molecule has 0 aliphatic heterocycles. The molecule has 1 amide bonds. The fraction of sp³-hybridized carbons (Fsp3) is 0.182. The average Bonchev–Trinajstić information content (AvgIpc) is 2.70. The van der Waals surface area contributed by atoms with E-state index in [2.05, 4.69) is 10.3 Å². The van der Waals surface area contributed by atoms with Gasteiger partial charge in [-0.15, -0.1) is 0 Å². The Morgan fingerprint density at radius 2 is 1.62 bits per heavy atom. The molecular formula is C22H23N3O3S. The molecule has 150 valence electrons. The molecule has 0 radical (unpaired) electrons. The van der Waals surface area contributed by atoms with Gasteiger partial charge in [0.2, 0.25) is 5.91 Å². The molecule has 6 nitrogen and oxygen atoms in total. The SMILES string of the molecule is Cc1ccc(N(CC(=O)Nc2c(C)cccc2C)S(=O)(=O)c2cccnc2)cc1. The van der Waals surface area contributed by atoms with Gasteiger partial charge in [-0.05, 0) is 56.2 Å². The third-order valence-corrected chi connectivity index (χ3v) is 6.33. The van der Waals surface area contributed by atoms with Crippen molar-refractivity contribution in [2.75, 3.05) is 16.2 Å². The van der Waals surface area contributed by atoms with Crippen molar-refractivity contribution in [3.8, 4) is 0 Å². The van der Waals surface area contributed by atoms with E-state index in [0.29, 0.717) is 11.4 Å². The topological polar surface area (TPSA) is 79.4 Å². The van der Waals surface area contributed by atoms with E-state index in [0.717, 1.165) is 21.0 Å². The lowest BCUT2D eigenvalue weighted by Crippen LogP contribution is -2.38. The predicted octanol–water partition coefficient (Wildman–Crippen LogP) is 3.84. The lowest BCUT2D eigenvalue weighted by atomic mass is 10.1. The van der Waals surface area contributed by atoms with E-state index in [1.807, 2.05) is 51.1 Å². The quantitative estimate of drug-likeness (QED) is 0.671. The Morgan fingerprint density at radius 1 is 0.966 bits per heavy atom. The van der Waals surface area contributed by atoms with Crippen LogP contribution < -0.4 is 9.62 Å². The van der Waals surface area contributed by atoms with Crippen LogP contribution in [0, 0.1) is 20.8 Å². The Kier molecular flexibility index (Phi) is 5.98. The van der Waals surface area contributed by atoms with Gasteiger partial charge < -0.3 is 5.32 Å². The molecule has 7 heteroatoms. The maximum atomic E-state index is 13.2. The third kappa shape index (κ3) is 4.63. The van der Waals surface area contributed by atoms with E-state index in [1.165, 1.54) is 18.5 Å². The fourth-order valence-electron chi connectivity index (χ4n) is 2.97. The number of nitrogens with zero attached hydrogens (tertiary/aromatic N) is 2. The number of hydrogen-bond acceptors (Lipinski definition) is 4. The first-order chi connectivity index (χ1) is 13.8. The number of rotatable bonds is 6. The van der Waals surface area contributed by atoms with E-state index in [9.17, 15) is 13.2 Å². The van der Waals surface area contributed by atoms with Gasteiger partial charge in [-0.1, -0.05) is 35.9 Å². The van der Waals surface area contributed by atoms with Crippen molar-refractivity contribution in [1.29, 1.82) is 0 Å². The Hall–Kier alpha value is -3.19. The molecule has 3 aromatic rings. The third-order valence-electron chi connectivity index (χ3n) is 4.58. The van der Waals surface area contributed by atoms with Crippen LogP contribution in [0.1, 0.15) is 16.7 Å². The molecule has 0 aliphatic carbocycles. The van der Waals surface area contributed by atoms with Gasteiger partial charge in [-0.25, -0.2) is 8.42 Å². The predicted molar refractivity (Wildman–Crippen MR) is 114 cm³/mol. The number of amides is 1. The number of carbonyl (C=O) groups is 1. The number of sulfonamides is 1. The molecule has 0 saturated carbocycles. The number of hydrogen-bond donors (Lipinski definition) is 1. The van der Waals surface area contributed by atoms with Crippen LogP contribution in [-0.4, -0.2) is 25.9 Å². The van der Waals surface area contributed by atoms with Crippen LogP contribution in [-0.2, 0) is 14.8 Å². The van der Waals surface area contributed by atoms with Crippen molar-refractivity contribution in [3.05, 3.63) is 83.7 Å². The minimum absolute atomic E-state index is 0.0282. The summed E-state index contributed by atoms with van der Waals surface area (Å²) in [6.07, 6.45) is 2.78. The summed E-state index contributed by atoms with van der Waals surface area (Å²) in [5, 5.41) is 2.85. The van der Waals surface area contributed by atoms with Gasteiger partial charge >= 0.3 is 0 Å². The van der Waals surface area contributed by atoms with Crippen LogP contribution in [0.25, 0.3) is 0 Å². The van der Waals surface area contributed by atoms with E-state index in [-0.39, 0.29) is 11.4 Å². The smallest absolute Gasteiger partial charge is 0.266 e. The van der Waals surface area contributed by atoms with Gasteiger partial charge in [-0.2, -0.15) is 0 Å². The summed E-state index contributed by atoms with van der Waals surface area (Å²) in [5.74, 6) is -0.421. The Bertz CT molecular complexity index is 1090. The molecule has 1 aromatic heterocycles. The van der Waals surface area contributed by atoms with Crippen LogP contribution in [0.4, 0.5) is 11.4 Å². The number of aryl methyl sites for hydroxylation is 3. The van der Waals surface area contributed by atoms with Crippen molar-refractivity contribution in [2.45, 2.75) is 25.7 Å². The normalized spacial score (nSPS) is 11.1. The van der Waals surface area contributed by atoms with Crippen LogP contribution in [0.5, 0.6) is 0 Å². The lowest BCUT2D eigenvalue weighted by molar-refractivity contribution is -0.114. The van der Waals surface area contributed by atoms with Crippen LogP contribution in [0.3, 0.4) is 0 Å². The largest absolute Gasteiger partial charge is 0.324 e. The number of carbonyl (C=O) groups excluding carboxylic acids is 1. The van der Waals surface area contributed by atoms with Crippen molar-refractivity contribution >= 4 is 27.3 Å². The maximum Gasteiger partial charge on any atom is 0.266 e. The molecule has 1 N–H and O–H groups in total. The zero-order valence-corrected chi connectivity index (χ0v) is 17.4. The fourth-order valence-corrected chi connectivity index (χ4v) is 4.36. The first kappa shape index (κ1) is 20.5. The zero-order chi connectivity index (χ0) is 21.0. The van der Waals surface area contributed by atoms with E-state index >= 15 is 0 Å². The first-order valence-corrected chi connectivity index (χ1v) is 10.6. The summed E-state index contributed by atoms with van der Waals surface area (Å²) in [6.45, 7) is 5.35. The number of para-hydroxylation sites is 1. The molecule has 29 heavy (non-hydrogen) atoms. The Balaban J connectivity index is 1.96. The molecule has 3 rings (SSSR count). The van der Waals surface area contributed by atoms with Gasteiger partial charge in [0.15, 0.2) is 0 Å². The molecule has 2 aromatic carbocycles.